The third-order valence-corrected chi connectivity index (χ3v) is 5.24. The normalized spacial score (nSPS) is 13.2. The first kappa shape index (κ1) is 37.6. The van der Waals surface area contributed by atoms with Crippen LogP contribution in [0.1, 0.15) is 104 Å². The Labute approximate surface area is 240 Å². The van der Waals surface area contributed by atoms with Gasteiger partial charge in [-0.15, -0.1) is 6.10 Å². The van der Waals surface area contributed by atoms with Gasteiger partial charge in [-0.3, -0.25) is 4.18 Å². The van der Waals surface area contributed by atoms with Gasteiger partial charge in [-0.2, -0.15) is 0 Å². The molecule has 32 heavy (non-hydrogen) atoms. The third kappa shape index (κ3) is 25.7. The summed E-state index contributed by atoms with van der Waals surface area (Å²) in [5, 5.41) is 11.8. The molecule has 0 saturated carbocycles. The van der Waals surface area contributed by atoms with Crippen molar-refractivity contribution in [3.63, 3.8) is 0 Å². The quantitative estimate of drug-likeness (QED) is 0.0488. The van der Waals surface area contributed by atoms with Crippen LogP contribution in [0.4, 0.5) is 0 Å². The Balaban J connectivity index is -0.00000420. The number of carbonyl (C=O) groups excluding carboxylic acids is 1. The van der Waals surface area contributed by atoms with E-state index in [2.05, 4.69) is 11.1 Å². The van der Waals surface area contributed by atoms with Gasteiger partial charge in [0.2, 0.25) is 10.4 Å². The Kier molecular flexibility index (Phi) is 29.5. The predicted molar refractivity (Wildman–Crippen MR) is 114 cm³/mol. The fraction of sp³-hybridized carbons (Fsp3) is 0.864. The maximum atomic E-state index is 11.9. The van der Waals surface area contributed by atoms with Gasteiger partial charge in [0.05, 0.1) is 6.61 Å². The molecule has 0 bridgehead atoms. The first-order valence-corrected chi connectivity index (χ1v) is 12.7. The molecule has 0 heterocycles. The molecule has 2 atom stereocenters. The van der Waals surface area contributed by atoms with Crippen molar-refractivity contribution >= 4 is 16.4 Å². The molecule has 0 rings (SSSR count). The summed E-state index contributed by atoms with van der Waals surface area (Å²) in [4.78, 5) is 11.9. The van der Waals surface area contributed by atoms with E-state index in [9.17, 15) is 22.9 Å². The van der Waals surface area contributed by atoms with Gasteiger partial charge in [0.15, 0.2) is 6.10 Å². The minimum absolute atomic E-state index is 0. The second kappa shape index (κ2) is 25.1. The van der Waals surface area contributed by atoms with Gasteiger partial charge in [0, 0.05) is 0 Å². The van der Waals surface area contributed by atoms with E-state index in [4.69, 9.17) is 4.74 Å². The number of hydrogen-bond acceptors (Lipinski definition) is 7. The molecule has 0 N–H and O–H groups in total. The fourth-order valence-corrected chi connectivity index (χ4v) is 3.44. The molecule has 0 radical (unpaired) electrons. The number of unbranched alkanes of at least 4 members (excludes halogenated alkanes) is 8. The summed E-state index contributed by atoms with van der Waals surface area (Å²) < 4.78 is 41.8. The second-order valence-corrected chi connectivity index (χ2v) is 8.69. The van der Waals surface area contributed by atoms with Gasteiger partial charge >= 0.3 is 65.1 Å². The molecular weight excluding hydrogens is 454 g/mol. The minimum Gasteiger partial charge on any atom is -0.852 e. The zero-order valence-corrected chi connectivity index (χ0v) is 25.5. The van der Waals surface area contributed by atoms with Crippen LogP contribution >= 0.6 is 0 Å². The Hall–Kier alpha value is 1.04. The standard InChI is InChI=1S/C22H41O7S.2Na/c1-3-5-7-13-16-20(23)17-14-11-9-8-10-12-15-18-21(29-30(25,26)27)22(24)28-19-6-4-2;;/h11,14,20-21H,3-10,12-13,15-19H2,1-2H3,(H,25,26,27);;/q-1;2*+1/p-1/t20?,21-;;/m1../s1. The summed E-state index contributed by atoms with van der Waals surface area (Å²) >= 11 is 0. The van der Waals surface area contributed by atoms with Crippen molar-refractivity contribution in [3.8, 4) is 0 Å². The molecule has 7 nitrogen and oxygen atoms in total. The zero-order chi connectivity index (χ0) is 22.7. The van der Waals surface area contributed by atoms with Crippen molar-refractivity contribution in [2.45, 2.75) is 116 Å². The maximum Gasteiger partial charge on any atom is 1.00 e. The average Bonchev–Trinajstić information content (AvgIpc) is 2.68. The maximum absolute atomic E-state index is 11.9. The van der Waals surface area contributed by atoms with Gasteiger partial charge in [-0.25, -0.2) is 13.2 Å². The summed E-state index contributed by atoms with van der Waals surface area (Å²) in [6.07, 6.45) is 13.7. The summed E-state index contributed by atoms with van der Waals surface area (Å²) in [5.74, 6) is -0.798. The molecule has 0 aliphatic heterocycles. The van der Waals surface area contributed by atoms with E-state index in [0.717, 1.165) is 51.4 Å². The zero-order valence-electron chi connectivity index (χ0n) is 20.7. The largest absolute Gasteiger partial charge is 1.00 e. The first-order valence-electron chi connectivity index (χ1n) is 11.4. The Morgan fingerprint density at radius 2 is 1.47 bits per heavy atom. The van der Waals surface area contributed by atoms with Crippen molar-refractivity contribution in [2.24, 2.45) is 0 Å². The van der Waals surface area contributed by atoms with E-state index >= 15 is 0 Å². The Morgan fingerprint density at radius 3 is 2.09 bits per heavy atom. The molecule has 0 amide bonds. The van der Waals surface area contributed by atoms with E-state index in [1.54, 1.807) is 0 Å². The summed E-state index contributed by atoms with van der Waals surface area (Å²) in [6, 6.07) is 0. The van der Waals surface area contributed by atoms with Crippen LogP contribution in [0.2, 0.25) is 0 Å². The number of carbonyl (C=O) groups is 1. The van der Waals surface area contributed by atoms with E-state index < -0.39 is 28.6 Å². The number of esters is 1. The first-order chi connectivity index (χ1) is 14.3. The molecule has 0 aromatic rings. The van der Waals surface area contributed by atoms with Crippen LogP contribution in [0.25, 0.3) is 0 Å². The molecule has 0 aliphatic rings. The topological polar surface area (TPSA) is 116 Å². The van der Waals surface area contributed by atoms with E-state index in [0.29, 0.717) is 19.3 Å². The van der Waals surface area contributed by atoms with E-state index in [1.807, 2.05) is 19.1 Å². The van der Waals surface area contributed by atoms with Crippen molar-refractivity contribution in [3.05, 3.63) is 12.2 Å². The molecule has 0 aromatic carbocycles. The fourth-order valence-electron chi connectivity index (χ4n) is 2.99. The SMILES string of the molecule is CCCCCCC([O-])CC=CCCCCCC[C@@H](OS(=O)(=O)[O-])C(=O)OCCCC.[Na+].[Na+]. The van der Waals surface area contributed by atoms with Gasteiger partial charge in [-0.05, 0) is 32.1 Å². The summed E-state index contributed by atoms with van der Waals surface area (Å²) in [5.41, 5.74) is 0. The van der Waals surface area contributed by atoms with Crippen LogP contribution in [0.15, 0.2) is 12.2 Å². The molecule has 0 spiro atoms. The van der Waals surface area contributed by atoms with Crippen LogP contribution < -0.4 is 64.2 Å². The Bertz CT molecular complexity index is 556. The van der Waals surface area contributed by atoms with Crippen LogP contribution in [0.3, 0.4) is 0 Å². The van der Waals surface area contributed by atoms with Crippen molar-refractivity contribution in [1.82, 2.24) is 0 Å². The van der Waals surface area contributed by atoms with Gasteiger partial charge in [0.25, 0.3) is 0 Å². The molecule has 178 valence electrons. The average molecular weight is 495 g/mol. The van der Waals surface area contributed by atoms with Gasteiger partial charge in [0.1, 0.15) is 0 Å². The smallest absolute Gasteiger partial charge is 0.852 e. The summed E-state index contributed by atoms with van der Waals surface area (Å²) in [7, 11) is -4.96. The van der Waals surface area contributed by atoms with Gasteiger partial charge in [-0.1, -0.05) is 83.8 Å². The molecule has 0 aromatic heterocycles. The number of hydrogen-bond donors (Lipinski definition) is 0. The molecule has 0 fully saturated rings. The van der Waals surface area contributed by atoms with Crippen molar-refractivity contribution in [1.29, 1.82) is 0 Å². The molecule has 0 aliphatic carbocycles. The van der Waals surface area contributed by atoms with E-state index in [-0.39, 0.29) is 72.1 Å². The van der Waals surface area contributed by atoms with E-state index in [1.165, 1.54) is 12.8 Å². The van der Waals surface area contributed by atoms with Crippen LogP contribution in [0, 0.1) is 0 Å². The molecule has 10 heteroatoms. The summed E-state index contributed by atoms with van der Waals surface area (Å²) in [6.45, 7) is 4.28. The third-order valence-electron chi connectivity index (χ3n) is 4.77. The predicted octanol–water partition coefficient (Wildman–Crippen LogP) is -1.83. The van der Waals surface area contributed by atoms with Crippen LogP contribution in [-0.4, -0.2) is 37.8 Å². The van der Waals surface area contributed by atoms with Crippen molar-refractivity contribution < 1.29 is 90.9 Å². The van der Waals surface area contributed by atoms with Crippen molar-refractivity contribution in [2.75, 3.05) is 6.61 Å². The number of allylic oxidation sites excluding steroid dienone is 1. The monoisotopic (exact) mass is 494 g/mol. The Morgan fingerprint density at radius 1 is 0.875 bits per heavy atom. The van der Waals surface area contributed by atoms with Crippen LogP contribution in [-0.2, 0) is 24.1 Å². The van der Waals surface area contributed by atoms with Gasteiger partial charge < -0.3 is 14.4 Å². The molecule has 0 saturated heterocycles. The number of rotatable bonds is 20. The molecular formula is C22H40Na2O7S. The number of ether oxygens (including phenoxy) is 1. The minimum atomic E-state index is -4.96. The van der Waals surface area contributed by atoms with Crippen LogP contribution in [0.5, 0.6) is 0 Å². The molecule has 1 unspecified atom stereocenters. The second-order valence-electron chi connectivity index (χ2n) is 7.68.